The lowest BCUT2D eigenvalue weighted by atomic mass is 9.30. The Hall–Kier alpha value is -3.01. The van der Waals surface area contributed by atoms with Gasteiger partial charge in [-0.1, -0.05) is 12.1 Å². The van der Waals surface area contributed by atoms with Crippen molar-refractivity contribution >= 4 is 0 Å². The van der Waals surface area contributed by atoms with Crippen LogP contribution in [0.4, 0.5) is 17.6 Å². The van der Waals surface area contributed by atoms with E-state index in [4.69, 9.17) is 0 Å². The second-order valence-corrected chi connectivity index (χ2v) is 8.70. The molecule has 1 atom stereocenters. The van der Waals surface area contributed by atoms with Gasteiger partial charge in [-0.15, -0.1) is 5.10 Å². The van der Waals surface area contributed by atoms with E-state index in [0.29, 0.717) is 6.07 Å². The predicted molar refractivity (Wildman–Crippen MR) is 99.1 cm³/mol. The topological polar surface area (TPSA) is 84.1 Å². The summed E-state index contributed by atoms with van der Waals surface area (Å²) in [6.45, 7) is -0.802. The van der Waals surface area contributed by atoms with Gasteiger partial charge in [0.25, 0.3) is 5.92 Å². The molecule has 0 radical (unpaired) electrons. The molecule has 3 aliphatic rings. The Morgan fingerprint density at radius 3 is 2.29 bits per heavy atom. The molecule has 162 valence electrons. The summed E-state index contributed by atoms with van der Waals surface area (Å²) in [5, 5.41) is 31.1. The molecule has 0 aliphatic heterocycles. The molecule has 0 spiro atoms. The number of hydrogen-bond acceptors (Lipinski definition) is 5. The van der Waals surface area contributed by atoms with Crippen molar-refractivity contribution in [2.45, 2.75) is 42.7 Å². The zero-order valence-electron chi connectivity index (χ0n) is 16.1. The van der Waals surface area contributed by atoms with E-state index in [1.807, 2.05) is 0 Å². The van der Waals surface area contributed by atoms with E-state index in [1.165, 1.54) is 12.1 Å². The largest absolute Gasteiger partial charge is 0.508 e. The van der Waals surface area contributed by atoms with Crippen LogP contribution >= 0.6 is 0 Å². The molecule has 2 aromatic carbocycles. The van der Waals surface area contributed by atoms with Crippen LogP contribution in [0, 0.1) is 17.0 Å². The van der Waals surface area contributed by atoms with Crippen molar-refractivity contribution in [2.24, 2.45) is 5.41 Å². The highest BCUT2D eigenvalue weighted by Crippen LogP contribution is 2.80. The SMILES string of the molecule is Oc1ccc(C23CC(C(F)(F)[C@@](O)(Cn4cnnn4)c4ccc(F)cc4F)(C2)C3)cc1. The van der Waals surface area contributed by atoms with Crippen molar-refractivity contribution in [1.29, 1.82) is 0 Å². The molecule has 3 aliphatic carbocycles. The molecule has 10 heteroatoms. The fourth-order valence-corrected chi connectivity index (χ4v) is 5.35. The van der Waals surface area contributed by atoms with Crippen molar-refractivity contribution in [1.82, 2.24) is 20.2 Å². The Labute approximate surface area is 174 Å². The molecule has 6 nitrogen and oxygen atoms in total. The van der Waals surface area contributed by atoms with Crippen LogP contribution in [0.2, 0.25) is 0 Å². The number of aliphatic hydroxyl groups is 1. The van der Waals surface area contributed by atoms with Gasteiger partial charge in [0, 0.05) is 17.0 Å². The molecule has 31 heavy (non-hydrogen) atoms. The first-order chi connectivity index (χ1) is 14.6. The van der Waals surface area contributed by atoms with Gasteiger partial charge in [-0.25, -0.2) is 22.2 Å². The van der Waals surface area contributed by atoms with Crippen molar-refractivity contribution in [3.8, 4) is 5.75 Å². The smallest absolute Gasteiger partial charge is 0.287 e. The lowest BCUT2D eigenvalue weighted by Crippen LogP contribution is -2.76. The number of benzene rings is 2. The number of phenols is 1. The average Bonchev–Trinajstić information content (AvgIpc) is 3.13. The minimum absolute atomic E-state index is 0.0815. The zero-order chi connectivity index (χ0) is 22.1. The molecular formula is C21H18F4N4O2. The summed E-state index contributed by atoms with van der Waals surface area (Å²) in [5.74, 6) is -5.89. The summed E-state index contributed by atoms with van der Waals surface area (Å²) in [6.07, 6.45) is 1.33. The number of aromatic nitrogens is 4. The van der Waals surface area contributed by atoms with E-state index >= 15 is 8.78 Å². The third kappa shape index (κ3) is 2.63. The molecule has 3 saturated carbocycles. The highest BCUT2D eigenvalue weighted by atomic mass is 19.3. The van der Waals surface area contributed by atoms with E-state index in [1.54, 1.807) is 12.1 Å². The summed E-state index contributed by atoms with van der Waals surface area (Å²) >= 11 is 0. The number of halogens is 4. The maximum atomic E-state index is 16.0. The number of hydrogen-bond donors (Lipinski definition) is 2. The monoisotopic (exact) mass is 434 g/mol. The first kappa shape index (κ1) is 19.9. The molecule has 2 N–H and O–H groups in total. The fourth-order valence-electron chi connectivity index (χ4n) is 5.35. The van der Waals surface area contributed by atoms with Gasteiger partial charge in [-0.3, -0.25) is 0 Å². The number of alkyl halides is 2. The maximum Gasteiger partial charge on any atom is 0.287 e. The Kier molecular flexibility index (Phi) is 4.02. The second-order valence-electron chi connectivity index (χ2n) is 8.70. The van der Waals surface area contributed by atoms with Crippen LogP contribution in [0.15, 0.2) is 48.8 Å². The summed E-state index contributed by atoms with van der Waals surface area (Å²) in [4.78, 5) is 0. The highest BCUT2D eigenvalue weighted by molar-refractivity contribution is 5.44. The van der Waals surface area contributed by atoms with Gasteiger partial charge in [-0.2, -0.15) is 0 Å². The number of nitrogens with zero attached hydrogens (tertiary/aromatic N) is 4. The third-order valence-electron chi connectivity index (χ3n) is 6.85. The molecular weight excluding hydrogens is 416 g/mol. The first-order valence-corrected chi connectivity index (χ1v) is 9.67. The van der Waals surface area contributed by atoms with Crippen LogP contribution in [0.3, 0.4) is 0 Å². The van der Waals surface area contributed by atoms with Gasteiger partial charge in [0.1, 0.15) is 23.7 Å². The summed E-state index contributed by atoms with van der Waals surface area (Å²) < 4.78 is 61.0. The molecule has 0 saturated heterocycles. The van der Waals surface area contributed by atoms with E-state index in [9.17, 15) is 19.0 Å². The van der Waals surface area contributed by atoms with Crippen LogP contribution in [-0.2, 0) is 17.6 Å². The molecule has 3 aromatic rings. The molecule has 0 amide bonds. The molecule has 2 bridgehead atoms. The Morgan fingerprint density at radius 1 is 1.03 bits per heavy atom. The quantitative estimate of drug-likeness (QED) is 0.582. The highest BCUT2D eigenvalue weighted by Gasteiger charge is 2.82. The Balaban J connectivity index is 1.52. The van der Waals surface area contributed by atoms with Gasteiger partial charge in [0.2, 0.25) is 0 Å². The van der Waals surface area contributed by atoms with Crippen molar-refractivity contribution in [3.05, 3.63) is 71.6 Å². The average molecular weight is 434 g/mol. The van der Waals surface area contributed by atoms with Crippen LogP contribution in [0.1, 0.15) is 30.4 Å². The van der Waals surface area contributed by atoms with Crippen molar-refractivity contribution in [3.63, 3.8) is 0 Å². The van der Waals surface area contributed by atoms with E-state index in [0.717, 1.165) is 28.7 Å². The van der Waals surface area contributed by atoms with Crippen LogP contribution in [-0.4, -0.2) is 36.3 Å². The number of aromatic hydroxyl groups is 1. The lowest BCUT2D eigenvalue weighted by molar-refractivity contribution is -0.347. The molecule has 6 rings (SSSR count). The van der Waals surface area contributed by atoms with E-state index < -0.39 is 46.1 Å². The molecule has 1 heterocycles. The molecule has 1 aromatic heterocycles. The second kappa shape index (κ2) is 6.25. The lowest BCUT2D eigenvalue weighted by Gasteiger charge is -2.74. The van der Waals surface area contributed by atoms with Gasteiger partial charge < -0.3 is 10.2 Å². The summed E-state index contributed by atoms with van der Waals surface area (Å²) in [6, 6.07) is 8.54. The standard InChI is InChI=1S/C21H18F4N4O2/c22-14-3-6-16(17(23)7-14)20(31,11-29-12-26-27-28-29)21(24,25)19-8-18(9-19,10-19)13-1-4-15(30)5-2-13/h1-7,12,30-31H,8-11H2/t18?,19?,20-/m1/s1. The van der Waals surface area contributed by atoms with Gasteiger partial charge >= 0.3 is 0 Å². The minimum atomic E-state index is -3.76. The first-order valence-electron chi connectivity index (χ1n) is 9.67. The fraction of sp³-hybridized carbons (Fsp3) is 0.381. The Morgan fingerprint density at radius 2 is 1.71 bits per heavy atom. The molecule has 3 fully saturated rings. The van der Waals surface area contributed by atoms with Gasteiger partial charge in [0.05, 0.1) is 6.54 Å². The number of tetrazole rings is 1. The van der Waals surface area contributed by atoms with Crippen LogP contribution in [0.5, 0.6) is 5.75 Å². The van der Waals surface area contributed by atoms with Crippen LogP contribution in [0.25, 0.3) is 0 Å². The maximum absolute atomic E-state index is 16.0. The molecule has 0 unspecified atom stereocenters. The summed E-state index contributed by atoms with van der Waals surface area (Å²) in [7, 11) is 0. The Bertz CT molecular complexity index is 1120. The van der Waals surface area contributed by atoms with E-state index in [2.05, 4.69) is 15.5 Å². The van der Waals surface area contributed by atoms with Crippen LogP contribution < -0.4 is 0 Å². The van der Waals surface area contributed by atoms with Crippen molar-refractivity contribution in [2.75, 3.05) is 0 Å². The predicted octanol–water partition coefficient (Wildman–Crippen LogP) is 3.30. The summed E-state index contributed by atoms with van der Waals surface area (Å²) in [5.41, 5.74) is -4.89. The third-order valence-corrected chi connectivity index (χ3v) is 6.85. The minimum Gasteiger partial charge on any atom is -0.508 e. The zero-order valence-corrected chi connectivity index (χ0v) is 16.1. The number of rotatable bonds is 6. The van der Waals surface area contributed by atoms with Gasteiger partial charge in [-0.05, 0) is 64.9 Å². The van der Waals surface area contributed by atoms with E-state index in [-0.39, 0.29) is 25.0 Å². The van der Waals surface area contributed by atoms with Gasteiger partial charge in [0.15, 0.2) is 5.60 Å². The van der Waals surface area contributed by atoms with Crippen molar-refractivity contribution < 1.29 is 27.8 Å². The normalized spacial score (nSPS) is 26.6. The number of phenolic OH excluding ortho intramolecular Hbond substituents is 1.